The van der Waals surface area contributed by atoms with Gasteiger partial charge in [-0.3, -0.25) is 9.83 Å². The second kappa shape index (κ2) is 10.7. The van der Waals surface area contributed by atoms with Crippen LogP contribution in [0.15, 0.2) is 0 Å². The summed E-state index contributed by atoms with van der Waals surface area (Å²) in [6, 6.07) is 0. The van der Waals surface area contributed by atoms with Crippen LogP contribution in [0.25, 0.3) is 0 Å². The zero-order chi connectivity index (χ0) is 22.1. The quantitative estimate of drug-likeness (QED) is 0.155. The van der Waals surface area contributed by atoms with Gasteiger partial charge >= 0.3 is 46.8 Å². The number of hydrogen-bond acceptors (Lipinski definition) is 8. The topological polar surface area (TPSA) is 94.1 Å². The maximum atomic E-state index is 13.7. The van der Waals surface area contributed by atoms with Gasteiger partial charge < -0.3 is 14.7 Å². The van der Waals surface area contributed by atoms with Crippen molar-refractivity contribution in [2.75, 3.05) is 13.2 Å². The molecule has 5 aliphatic rings. The van der Waals surface area contributed by atoms with Gasteiger partial charge in [0, 0.05) is 10.8 Å². The van der Waals surface area contributed by atoms with Crippen LogP contribution >= 0.6 is 12.0 Å². The van der Waals surface area contributed by atoms with Gasteiger partial charge in [-0.2, -0.15) is 13.1 Å². The Balaban J connectivity index is 0.00000289. The molecule has 0 radical (unpaired) electrons. The predicted molar refractivity (Wildman–Crippen MR) is 103 cm³/mol. The Labute approximate surface area is 213 Å². The number of hydrogen-bond donors (Lipinski definition) is 0. The fourth-order valence-electron chi connectivity index (χ4n) is 7.06. The van der Waals surface area contributed by atoms with Gasteiger partial charge in [0.05, 0.1) is 19.1 Å². The average molecular weight is 487 g/mol. The number of carbonyl (C=O) groups is 2. The van der Waals surface area contributed by atoms with Gasteiger partial charge in [0.15, 0.2) is 0 Å². The van der Waals surface area contributed by atoms with Crippen molar-refractivity contribution in [3.8, 4) is 0 Å². The molecule has 11 heteroatoms. The number of alkyl halides is 2. The second-order valence-electron chi connectivity index (χ2n) is 10.2. The van der Waals surface area contributed by atoms with Crippen molar-refractivity contribution in [2.45, 2.75) is 75.9 Å². The molecule has 7 nitrogen and oxygen atoms in total. The molecule has 0 heterocycles. The Hall–Kier alpha value is 0.0300. The molecule has 32 heavy (non-hydrogen) atoms. The Morgan fingerprint density at radius 3 is 2.09 bits per heavy atom. The first-order chi connectivity index (χ1) is 14.7. The zero-order valence-corrected chi connectivity index (χ0v) is 21.3. The first-order valence-electron chi connectivity index (χ1n) is 11.1. The van der Waals surface area contributed by atoms with E-state index < -0.39 is 23.3 Å². The summed E-state index contributed by atoms with van der Waals surface area (Å²) < 4.78 is 41.8. The zero-order valence-electron chi connectivity index (χ0n) is 18.4. The number of carbonyl (C=O) groups excluding carboxylic acids is 2. The number of rotatable bonds is 9. The molecule has 5 fully saturated rings. The minimum absolute atomic E-state index is 0. The number of esters is 2. The van der Waals surface area contributed by atoms with Crippen LogP contribution in [0.2, 0.25) is 0 Å². The van der Waals surface area contributed by atoms with Crippen molar-refractivity contribution >= 4 is 24.0 Å². The third-order valence-electron chi connectivity index (χ3n) is 7.68. The van der Waals surface area contributed by atoms with Gasteiger partial charge in [-0.1, -0.05) is 19.3 Å². The standard InChI is InChI=1S/C21H30F2O7S.Na/c22-21(23,31-30-29-26)18(25)28-13-20-9-14-6-15(10-20)8-19(7-14,11-20)12-27-17(24)16-4-2-1-3-5-16;/h14-16,26H,1-13H2;/q;+1/p-1. The van der Waals surface area contributed by atoms with Crippen LogP contribution in [0.3, 0.4) is 0 Å². The molecule has 5 rings (SSSR count). The van der Waals surface area contributed by atoms with Crippen LogP contribution in [0.4, 0.5) is 8.78 Å². The molecule has 0 N–H and O–H groups in total. The first-order valence-corrected chi connectivity index (χ1v) is 11.9. The predicted octanol–water partition coefficient (Wildman–Crippen LogP) is 0.708. The largest absolute Gasteiger partial charge is 1.00 e. The SMILES string of the molecule is O=C(OCC12CC3CC(C1)CC(COC(=O)C(F)(F)SOO[O-])(C3)C2)C1CCCCC1.[Na+]. The summed E-state index contributed by atoms with van der Waals surface area (Å²) in [5, 5.41) is 8.63. The van der Waals surface area contributed by atoms with Gasteiger partial charge in [-0.05, 0) is 63.2 Å². The van der Waals surface area contributed by atoms with Crippen LogP contribution in [0.5, 0.6) is 0 Å². The van der Waals surface area contributed by atoms with Crippen molar-refractivity contribution in [3.63, 3.8) is 0 Å². The molecular formula is C21H29F2NaO7S. The summed E-state index contributed by atoms with van der Waals surface area (Å²) >= 11 is -0.672. The maximum Gasteiger partial charge on any atom is 1.00 e. The van der Waals surface area contributed by atoms with Crippen LogP contribution in [-0.4, -0.2) is 30.4 Å². The van der Waals surface area contributed by atoms with E-state index in [1.165, 1.54) is 6.42 Å². The average Bonchev–Trinajstić information content (AvgIpc) is 2.74. The fraction of sp³-hybridized carbons (Fsp3) is 0.905. The fourth-order valence-corrected chi connectivity index (χ4v) is 7.30. The van der Waals surface area contributed by atoms with Gasteiger partial charge in [-0.15, -0.1) is 0 Å². The van der Waals surface area contributed by atoms with Crippen molar-refractivity contribution in [1.29, 1.82) is 0 Å². The summed E-state index contributed by atoms with van der Waals surface area (Å²) in [5.74, 6) is -0.991. The Bertz CT molecular complexity index is 675. The molecule has 2 atom stereocenters. The Kier molecular flexibility index (Phi) is 8.94. The molecule has 0 aliphatic heterocycles. The Morgan fingerprint density at radius 1 is 0.969 bits per heavy atom. The van der Waals surface area contributed by atoms with Crippen molar-refractivity contribution in [1.82, 2.24) is 0 Å². The monoisotopic (exact) mass is 486 g/mol. The molecule has 0 amide bonds. The van der Waals surface area contributed by atoms with Gasteiger partial charge in [0.25, 0.3) is 0 Å². The number of ether oxygens (including phenoxy) is 2. The third-order valence-corrected chi connectivity index (χ3v) is 8.18. The molecule has 0 spiro atoms. The summed E-state index contributed by atoms with van der Waals surface area (Å²) in [6.07, 6.45) is 10.5. The van der Waals surface area contributed by atoms with E-state index in [0.717, 1.165) is 57.8 Å². The van der Waals surface area contributed by atoms with E-state index in [2.05, 4.69) is 9.37 Å². The van der Waals surface area contributed by atoms with E-state index in [-0.39, 0.29) is 58.9 Å². The minimum atomic E-state index is -4.03. The number of halogens is 2. The van der Waals surface area contributed by atoms with E-state index in [1.54, 1.807) is 0 Å². The van der Waals surface area contributed by atoms with E-state index in [9.17, 15) is 23.6 Å². The Morgan fingerprint density at radius 2 is 1.53 bits per heavy atom. The van der Waals surface area contributed by atoms with Gasteiger partial charge in [0.1, 0.15) is 12.0 Å². The molecule has 0 aromatic heterocycles. The molecule has 0 saturated heterocycles. The molecular weight excluding hydrogens is 457 g/mol. The smallest absolute Gasteiger partial charge is 0.691 e. The van der Waals surface area contributed by atoms with Crippen LogP contribution in [0.1, 0.15) is 70.6 Å². The summed E-state index contributed by atoms with van der Waals surface area (Å²) in [7, 11) is 0. The van der Waals surface area contributed by atoms with E-state index in [0.29, 0.717) is 24.9 Å². The van der Waals surface area contributed by atoms with Crippen LogP contribution < -0.4 is 34.8 Å². The van der Waals surface area contributed by atoms with Crippen LogP contribution in [0, 0.1) is 28.6 Å². The summed E-state index contributed by atoms with van der Waals surface area (Å²) in [4.78, 5) is 24.4. The normalized spacial score (nSPS) is 34.1. The minimum Gasteiger partial charge on any atom is -0.691 e. The van der Waals surface area contributed by atoms with Crippen molar-refractivity contribution < 1.29 is 72.0 Å². The van der Waals surface area contributed by atoms with Crippen molar-refractivity contribution in [2.24, 2.45) is 28.6 Å². The van der Waals surface area contributed by atoms with E-state index in [1.807, 2.05) is 0 Å². The molecule has 0 aromatic carbocycles. The molecule has 4 bridgehead atoms. The molecule has 0 aromatic rings. The maximum absolute atomic E-state index is 13.7. The van der Waals surface area contributed by atoms with Crippen LogP contribution in [-0.2, 0) is 28.4 Å². The van der Waals surface area contributed by atoms with E-state index >= 15 is 0 Å². The van der Waals surface area contributed by atoms with E-state index in [4.69, 9.17) is 9.47 Å². The molecule has 5 aliphatic carbocycles. The second-order valence-corrected chi connectivity index (χ2v) is 11.0. The molecule has 176 valence electrons. The summed E-state index contributed by atoms with van der Waals surface area (Å²) in [6.45, 7) is 0.261. The van der Waals surface area contributed by atoms with Gasteiger partial charge in [0.2, 0.25) is 0 Å². The van der Waals surface area contributed by atoms with Gasteiger partial charge in [-0.25, -0.2) is 4.79 Å². The molecule has 2 unspecified atom stereocenters. The van der Waals surface area contributed by atoms with Crippen molar-refractivity contribution in [3.05, 3.63) is 0 Å². The first kappa shape index (κ1) is 26.6. The molecule has 5 saturated carbocycles. The third kappa shape index (κ3) is 5.98. The summed E-state index contributed by atoms with van der Waals surface area (Å²) in [5.41, 5.74) is -0.523.